The fourth-order valence-electron chi connectivity index (χ4n) is 1.08. The number of benzene rings is 1. The molecule has 0 fully saturated rings. The summed E-state index contributed by atoms with van der Waals surface area (Å²) < 4.78 is 5.03. The highest BCUT2D eigenvalue weighted by molar-refractivity contribution is 5.72. The van der Waals surface area contributed by atoms with Crippen LogP contribution in [0.1, 0.15) is 26.2 Å². The van der Waals surface area contributed by atoms with E-state index in [-0.39, 0.29) is 5.97 Å². The molecule has 0 aromatic heterocycles. The SMILES string of the molecule is CCCCC(=O)Oc1ccc(N=O)cc1. The summed E-state index contributed by atoms with van der Waals surface area (Å²) >= 11 is 0. The maximum atomic E-state index is 11.2. The maximum absolute atomic E-state index is 11.2. The fraction of sp³-hybridized carbons (Fsp3) is 0.364. The Morgan fingerprint density at radius 2 is 2.00 bits per heavy atom. The Morgan fingerprint density at radius 3 is 2.53 bits per heavy atom. The molecule has 0 unspecified atom stereocenters. The van der Waals surface area contributed by atoms with Crippen molar-refractivity contribution < 1.29 is 9.53 Å². The third kappa shape index (κ3) is 3.89. The topological polar surface area (TPSA) is 55.7 Å². The molecule has 15 heavy (non-hydrogen) atoms. The van der Waals surface area contributed by atoms with E-state index in [0.29, 0.717) is 17.9 Å². The average molecular weight is 207 g/mol. The van der Waals surface area contributed by atoms with Gasteiger partial charge in [-0.2, -0.15) is 0 Å². The van der Waals surface area contributed by atoms with E-state index in [1.54, 1.807) is 12.1 Å². The standard InChI is InChI=1S/C11H13NO3/c1-2-3-4-11(13)15-10-7-5-9(12-14)6-8-10/h5-8H,2-4H2,1H3. The largest absolute Gasteiger partial charge is 0.427 e. The first-order valence-corrected chi connectivity index (χ1v) is 4.90. The smallest absolute Gasteiger partial charge is 0.311 e. The summed E-state index contributed by atoms with van der Waals surface area (Å²) in [5, 5.41) is 2.75. The van der Waals surface area contributed by atoms with E-state index in [9.17, 15) is 9.70 Å². The number of hydrogen-bond donors (Lipinski definition) is 0. The highest BCUT2D eigenvalue weighted by Crippen LogP contribution is 2.18. The number of rotatable bonds is 5. The van der Waals surface area contributed by atoms with Gasteiger partial charge in [0.25, 0.3) is 0 Å². The molecule has 80 valence electrons. The normalized spacial score (nSPS) is 9.67. The van der Waals surface area contributed by atoms with E-state index in [4.69, 9.17) is 4.74 Å². The van der Waals surface area contributed by atoms with Crippen LogP contribution in [-0.2, 0) is 4.79 Å². The molecule has 0 aliphatic heterocycles. The molecule has 0 radical (unpaired) electrons. The lowest BCUT2D eigenvalue weighted by atomic mass is 10.2. The van der Waals surface area contributed by atoms with Crippen LogP contribution in [-0.4, -0.2) is 5.97 Å². The van der Waals surface area contributed by atoms with E-state index >= 15 is 0 Å². The van der Waals surface area contributed by atoms with Gasteiger partial charge >= 0.3 is 5.97 Å². The van der Waals surface area contributed by atoms with Crippen molar-refractivity contribution >= 4 is 11.7 Å². The van der Waals surface area contributed by atoms with Gasteiger partial charge in [0, 0.05) is 6.42 Å². The zero-order valence-electron chi connectivity index (χ0n) is 8.60. The number of hydrogen-bond acceptors (Lipinski definition) is 4. The molecule has 0 heterocycles. The van der Waals surface area contributed by atoms with Gasteiger partial charge in [0.1, 0.15) is 11.4 Å². The minimum atomic E-state index is -0.247. The first-order chi connectivity index (χ1) is 7.26. The fourth-order valence-corrected chi connectivity index (χ4v) is 1.08. The summed E-state index contributed by atoms with van der Waals surface area (Å²) in [5.74, 6) is 0.201. The van der Waals surface area contributed by atoms with Crippen LogP contribution in [0.3, 0.4) is 0 Å². The molecule has 4 heteroatoms. The molecule has 1 rings (SSSR count). The Hall–Kier alpha value is -1.71. The molecule has 4 nitrogen and oxygen atoms in total. The van der Waals surface area contributed by atoms with E-state index in [1.165, 1.54) is 12.1 Å². The zero-order chi connectivity index (χ0) is 11.1. The zero-order valence-corrected chi connectivity index (χ0v) is 8.60. The van der Waals surface area contributed by atoms with Crippen LogP contribution in [0.4, 0.5) is 5.69 Å². The monoisotopic (exact) mass is 207 g/mol. The lowest BCUT2D eigenvalue weighted by Crippen LogP contribution is -2.06. The van der Waals surface area contributed by atoms with Crippen LogP contribution >= 0.6 is 0 Å². The Kier molecular flexibility index (Phi) is 4.47. The van der Waals surface area contributed by atoms with E-state index in [0.717, 1.165) is 12.8 Å². The van der Waals surface area contributed by atoms with Crippen molar-refractivity contribution in [2.75, 3.05) is 0 Å². The van der Waals surface area contributed by atoms with Crippen LogP contribution in [0.15, 0.2) is 29.4 Å². The van der Waals surface area contributed by atoms with Crippen LogP contribution < -0.4 is 4.74 Å². The minimum absolute atomic E-state index is 0.247. The molecule has 1 aromatic carbocycles. The van der Waals surface area contributed by atoms with Crippen molar-refractivity contribution in [3.63, 3.8) is 0 Å². The quantitative estimate of drug-likeness (QED) is 0.423. The predicted molar refractivity (Wildman–Crippen MR) is 57.1 cm³/mol. The van der Waals surface area contributed by atoms with Gasteiger partial charge < -0.3 is 4.74 Å². The van der Waals surface area contributed by atoms with Crippen molar-refractivity contribution in [3.05, 3.63) is 29.2 Å². The van der Waals surface area contributed by atoms with E-state index < -0.39 is 0 Å². The van der Waals surface area contributed by atoms with Gasteiger partial charge in [-0.25, -0.2) is 0 Å². The number of ether oxygens (including phenoxy) is 1. The Bertz CT molecular complexity index is 332. The first-order valence-electron chi connectivity index (χ1n) is 4.90. The number of esters is 1. The summed E-state index contributed by atoms with van der Waals surface area (Å²) in [5.41, 5.74) is 0.323. The van der Waals surface area contributed by atoms with Gasteiger partial charge in [-0.3, -0.25) is 4.79 Å². The summed E-state index contributed by atoms with van der Waals surface area (Å²) in [6.07, 6.45) is 2.21. The van der Waals surface area contributed by atoms with E-state index in [1.807, 2.05) is 6.92 Å². The third-order valence-electron chi connectivity index (χ3n) is 1.91. The molecule has 0 spiro atoms. The van der Waals surface area contributed by atoms with Crippen molar-refractivity contribution in [2.24, 2.45) is 5.18 Å². The van der Waals surface area contributed by atoms with Crippen LogP contribution in [0.2, 0.25) is 0 Å². The second-order valence-corrected chi connectivity index (χ2v) is 3.16. The van der Waals surface area contributed by atoms with Crippen LogP contribution in [0, 0.1) is 4.91 Å². The van der Waals surface area contributed by atoms with Gasteiger partial charge in [0.05, 0.1) is 0 Å². The van der Waals surface area contributed by atoms with Gasteiger partial charge in [0.15, 0.2) is 0 Å². The van der Waals surface area contributed by atoms with Crippen molar-refractivity contribution in [3.8, 4) is 5.75 Å². The number of nitroso groups, excluding NO2 is 1. The molecule has 0 atom stereocenters. The first kappa shape index (κ1) is 11.4. The predicted octanol–water partition coefficient (Wildman–Crippen LogP) is 3.18. The van der Waals surface area contributed by atoms with Gasteiger partial charge in [-0.15, -0.1) is 4.91 Å². The Balaban J connectivity index is 2.49. The molecule has 0 N–H and O–H groups in total. The third-order valence-corrected chi connectivity index (χ3v) is 1.91. The van der Waals surface area contributed by atoms with Gasteiger partial charge in [0.2, 0.25) is 0 Å². The summed E-state index contributed by atoms with van der Waals surface area (Å²) in [6, 6.07) is 6.13. The maximum Gasteiger partial charge on any atom is 0.311 e. The summed E-state index contributed by atoms with van der Waals surface area (Å²) in [4.78, 5) is 21.3. The van der Waals surface area contributed by atoms with Crippen molar-refractivity contribution in [2.45, 2.75) is 26.2 Å². The number of carbonyl (C=O) groups is 1. The molecular formula is C11H13NO3. The average Bonchev–Trinajstić information content (AvgIpc) is 2.27. The number of unbranched alkanes of at least 4 members (excludes halogenated alkanes) is 1. The molecule has 0 saturated heterocycles. The Morgan fingerprint density at radius 1 is 1.33 bits per heavy atom. The van der Waals surface area contributed by atoms with Gasteiger partial charge in [-0.05, 0) is 35.9 Å². The van der Waals surface area contributed by atoms with E-state index in [2.05, 4.69) is 5.18 Å². The molecule has 0 saturated carbocycles. The van der Waals surface area contributed by atoms with Gasteiger partial charge in [-0.1, -0.05) is 13.3 Å². The number of carbonyl (C=O) groups excluding carboxylic acids is 1. The highest BCUT2D eigenvalue weighted by atomic mass is 16.5. The molecule has 1 aromatic rings. The summed E-state index contributed by atoms with van der Waals surface area (Å²) in [6.45, 7) is 2.01. The highest BCUT2D eigenvalue weighted by Gasteiger charge is 2.03. The minimum Gasteiger partial charge on any atom is -0.427 e. The lowest BCUT2D eigenvalue weighted by molar-refractivity contribution is -0.134. The van der Waals surface area contributed by atoms with Crippen molar-refractivity contribution in [1.29, 1.82) is 0 Å². The molecular weight excluding hydrogens is 194 g/mol. The van der Waals surface area contributed by atoms with Crippen molar-refractivity contribution in [1.82, 2.24) is 0 Å². The van der Waals surface area contributed by atoms with Crippen LogP contribution in [0.25, 0.3) is 0 Å². The Labute approximate surface area is 88.2 Å². The molecule has 0 aliphatic carbocycles. The number of nitrogens with zero attached hydrogens (tertiary/aromatic N) is 1. The lowest BCUT2D eigenvalue weighted by Gasteiger charge is -2.02. The molecule has 0 bridgehead atoms. The second kappa shape index (κ2) is 5.90. The second-order valence-electron chi connectivity index (χ2n) is 3.16. The summed E-state index contributed by atoms with van der Waals surface area (Å²) in [7, 11) is 0. The molecule has 0 amide bonds. The van der Waals surface area contributed by atoms with Crippen LogP contribution in [0.5, 0.6) is 5.75 Å². The molecule has 0 aliphatic rings.